The largest absolute Gasteiger partial charge is 0.416 e. The van der Waals surface area contributed by atoms with Crippen LogP contribution in [0.25, 0.3) is 22.0 Å². The number of hydrogen-bond acceptors (Lipinski definition) is 6. The van der Waals surface area contributed by atoms with Crippen LogP contribution in [0.1, 0.15) is 40.2 Å². The molecule has 4 N–H and O–H groups in total. The summed E-state index contributed by atoms with van der Waals surface area (Å²) in [6.07, 6.45) is 2.26. The first-order valence-electron chi connectivity index (χ1n) is 12.3. The van der Waals surface area contributed by atoms with Gasteiger partial charge in [0.2, 0.25) is 5.95 Å². The molecule has 0 spiro atoms. The zero-order chi connectivity index (χ0) is 27.6. The number of nitrogens with one attached hydrogen (secondary N) is 2. The smallest absolute Gasteiger partial charge is 0.403 e. The molecular weight excluding hydrogens is 505 g/mol. The van der Waals surface area contributed by atoms with Gasteiger partial charge < -0.3 is 16.4 Å². The first-order valence-corrected chi connectivity index (χ1v) is 12.3. The highest BCUT2D eigenvalue weighted by Crippen LogP contribution is 2.45. The van der Waals surface area contributed by atoms with Gasteiger partial charge in [-0.2, -0.15) is 13.2 Å². The van der Waals surface area contributed by atoms with Crippen molar-refractivity contribution in [2.75, 3.05) is 17.7 Å². The molecule has 3 aromatic carbocycles. The second-order valence-electron chi connectivity index (χ2n) is 9.21. The summed E-state index contributed by atoms with van der Waals surface area (Å²) in [5.74, 6) is 0.289. The van der Waals surface area contributed by atoms with Gasteiger partial charge in [0.25, 0.3) is 5.91 Å². The molecule has 0 unspecified atom stereocenters. The van der Waals surface area contributed by atoms with Gasteiger partial charge in [0.05, 0.1) is 16.8 Å². The van der Waals surface area contributed by atoms with Crippen LogP contribution in [0.2, 0.25) is 0 Å². The zero-order valence-electron chi connectivity index (χ0n) is 21.0. The van der Waals surface area contributed by atoms with Gasteiger partial charge in [0, 0.05) is 42.3 Å². The maximum Gasteiger partial charge on any atom is 0.416 e. The second kappa shape index (κ2) is 10.6. The van der Waals surface area contributed by atoms with E-state index in [-0.39, 0.29) is 5.69 Å². The van der Waals surface area contributed by atoms with Crippen LogP contribution in [0, 0.1) is 0 Å². The number of aromatic nitrogens is 2. The fraction of sp³-hybridized carbons (Fsp3) is 0.172. The molecule has 198 valence electrons. The Morgan fingerprint density at radius 1 is 1.08 bits per heavy atom. The lowest BCUT2D eigenvalue weighted by Gasteiger charge is -2.14. The number of halogens is 3. The fourth-order valence-corrected chi connectivity index (χ4v) is 4.32. The highest BCUT2D eigenvalue weighted by molar-refractivity contribution is 6.05. The van der Waals surface area contributed by atoms with Crippen LogP contribution in [0.5, 0.6) is 0 Å². The molecule has 0 bridgehead atoms. The summed E-state index contributed by atoms with van der Waals surface area (Å²) in [5.41, 5.74) is 9.39. The molecule has 0 aliphatic heterocycles. The Hall–Kier alpha value is -4.73. The number of nitrogens with zero attached hydrogens (tertiary/aromatic N) is 3. The van der Waals surface area contributed by atoms with Crippen molar-refractivity contribution in [3.63, 3.8) is 0 Å². The maximum atomic E-state index is 13.1. The third-order valence-corrected chi connectivity index (χ3v) is 6.38. The summed E-state index contributed by atoms with van der Waals surface area (Å²) in [5, 5.41) is 6.41. The molecule has 0 radical (unpaired) electrons. The molecule has 7 nitrogen and oxygen atoms in total. The van der Waals surface area contributed by atoms with Gasteiger partial charge in [0.1, 0.15) is 0 Å². The third kappa shape index (κ3) is 5.90. The van der Waals surface area contributed by atoms with E-state index in [0.29, 0.717) is 28.6 Å². The van der Waals surface area contributed by atoms with Gasteiger partial charge in [-0.05, 0) is 77.9 Å². The number of fused-ring (bicyclic) bond motifs is 1. The zero-order valence-corrected chi connectivity index (χ0v) is 21.0. The lowest BCUT2D eigenvalue weighted by molar-refractivity contribution is -0.137. The number of rotatable bonds is 7. The number of aliphatic imine (C=N–C) groups is 1. The van der Waals surface area contributed by atoms with Crippen LogP contribution in [-0.2, 0) is 6.18 Å². The minimum absolute atomic E-state index is 0.0766. The topological polar surface area (TPSA) is 105 Å². The molecule has 1 aromatic heterocycles. The fourth-order valence-electron chi connectivity index (χ4n) is 4.32. The van der Waals surface area contributed by atoms with E-state index < -0.39 is 17.6 Å². The summed E-state index contributed by atoms with van der Waals surface area (Å²) < 4.78 is 39.3. The molecule has 1 saturated carbocycles. The molecule has 1 aliphatic carbocycles. The van der Waals surface area contributed by atoms with E-state index >= 15 is 0 Å². The van der Waals surface area contributed by atoms with Crippen molar-refractivity contribution in [1.29, 1.82) is 0 Å². The van der Waals surface area contributed by atoms with Gasteiger partial charge in [-0.15, -0.1) is 0 Å². The van der Waals surface area contributed by atoms with Crippen molar-refractivity contribution in [1.82, 2.24) is 9.97 Å². The summed E-state index contributed by atoms with van der Waals surface area (Å²) in [7, 11) is 1.63. The number of carbonyl (C=O) groups is 1. The molecule has 10 heteroatoms. The van der Waals surface area contributed by atoms with Crippen molar-refractivity contribution in [3.8, 4) is 11.1 Å². The monoisotopic (exact) mass is 530 g/mol. The van der Waals surface area contributed by atoms with Crippen molar-refractivity contribution in [2.24, 2.45) is 10.7 Å². The Labute approximate surface area is 222 Å². The molecule has 1 aliphatic rings. The molecule has 1 fully saturated rings. The summed E-state index contributed by atoms with van der Waals surface area (Å²) in [6, 6.07) is 15.8. The number of anilines is 2. The molecule has 0 saturated heterocycles. The van der Waals surface area contributed by atoms with Crippen LogP contribution in [0.3, 0.4) is 0 Å². The number of allylic oxidation sites excluding steroid dienone is 1. The van der Waals surface area contributed by atoms with Gasteiger partial charge in [-0.1, -0.05) is 18.2 Å². The van der Waals surface area contributed by atoms with Crippen molar-refractivity contribution in [3.05, 3.63) is 95.4 Å². The van der Waals surface area contributed by atoms with E-state index in [4.69, 9.17) is 5.73 Å². The molecule has 5 rings (SSSR count). The van der Waals surface area contributed by atoms with Crippen LogP contribution < -0.4 is 16.4 Å². The van der Waals surface area contributed by atoms with Gasteiger partial charge in [-0.3, -0.25) is 9.79 Å². The molecule has 1 heterocycles. The van der Waals surface area contributed by atoms with Crippen LogP contribution in [0.15, 0.2) is 83.7 Å². The molecule has 4 aromatic rings. The van der Waals surface area contributed by atoms with Gasteiger partial charge >= 0.3 is 6.18 Å². The minimum Gasteiger partial charge on any atom is -0.403 e. The first-order chi connectivity index (χ1) is 18.7. The second-order valence-corrected chi connectivity index (χ2v) is 9.21. The summed E-state index contributed by atoms with van der Waals surface area (Å²) in [4.78, 5) is 25.9. The maximum absolute atomic E-state index is 13.1. The van der Waals surface area contributed by atoms with E-state index in [1.807, 2.05) is 24.3 Å². The number of alkyl halides is 3. The van der Waals surface area contributed by atoms with Crippen LogP contribution in [0.4, 0.5) is 24.8 Å². The number of benzene rings is 3. The molecule has 39 heavy (non-hydrogen) atoms. The number of hydrogen-bond donors (Lipinski definition) is 3. The van der Waals surface area contributed by atoms with Gasteiger partial charge in [0.15, 0.2) is 0 Å². The standard InChI is InChI=1S/C29H25F3N6O/c1-34-16-23(14-33)37-28-35-15-20-11-18(8-10-26(20)38-28)25-12-19(7-9-24(25)17-5-6-17)27(39)36-22-4-2-3-21(13-22)29(30,31)32/h2-4,7-17H,5-6,33H2,1H3,(H,36,39)(H,35,37,38). The normalized spacial score (nSPS) is 14.1. The predicted octanol–water partition coefficient (Wildman–Crippen LogP) is 6.36. The van der Waals surface area contributed by atoms with E-state index in [9.17, 15) is 18.0 Å². The van der Waals surface area contributed by atoms with E-state index in [1.165, 1.54) is 18.3 Å². The Morgan fingerprint density at radius 2 is 1.90 bits per heavy atom. The lowest BCUT2D eigenvalue weighted by Crippen LogP contribution is -2.13. The van der Waals surface area contributed by atoms with Crippen molar-refractivity contribution < 1.29 is 18.0 Å². The summed E-state index contributed by atoms with van der Waals surface area (Å²) in [6.45, 7) is 0. The Morgan fingerprint density at radius 3 is 2.62 bits per heavy atom. The summed E-state index contributed by atoms with van der Waals surface area (Å²) >= 11 is 0. The highest BCUT2D eigenvalue weighted by Gasteiger charge is 2.31. The average Bonchev–Trinajstić information content (AvgIpc) is 3.77. The Kier molecular flexibility index (Phi) is 7.02. The van der Waals surface area contributed by atoms with Crippen LogP contribution >= 0.6 is 0 Å². The third-order valence-electron chi connectivity index (χ3n) is 6.38. The van der Waals surface area contributed by atoms with E-state index in [1.54, 1.807) is 31.6 Å². The Bertz CT molecular complexity index is 1610. The van der Waals surface area contributed by atoms with Crippen molar-refractivity contribution >= 4 is 34.7 Å². The number of carbonyl (C=O) groups excluding carboxylic acids is 1. The molecule has 1 amide bonds. The molecule has 0 atom stereocenters. The SMILES string of the molecule is CN=CC(=CN)Nc1ncc2cc(-c3cc(C(=O)Nc4cccc(C(F)(F)F)c4)ccc3C3CC3)ccc2n1. The quantitative estimate of drug-likeness (QED) is 0.241. The Balaban J connectivity index is 1.45. The van der Waals surface area contributed by atoms with E-state index in [0.717, 1.165) is 47.1 Å². The molecular formula is C29H25F3N6O. The minimum atomic E-state index is -4.50. The van der Waals surface area contributed by atoms with Crippen LogP contribution in [-0.4, -0.2) is 29.1 Å². The predicted molar refractivity (Wildman–Crippen MR) is 147 cm³/mol. The van der Waals surface area contributed by atoms with Gasteiger partial charge in [-0.25, -0.2) is 9.97 Å². The van der Waals surface area contributed by atoms with E-state index in [2.05, 4.69) is 25.6 Å². The van der Waals surface area contributed by atoms with Crippen molar-refractivity contribution in [2.45, 2.75) is 24.9 Å². The lowest BCUT2D eigenvalue weighted by atomic mass is 9.93. The highest BCUT2D eigenvalue weighted by atomic mass is 19.4. The number of amides is 1. The first kappa shape index (κ1) is 25.9. The number of nitrogens with two attached hydrogens (primary N) is 1. The average molecular weight is 531 g/mol.